The number of aryl methyl sites for hydroxylation is 1. The average molecular weight is 335 g/mol. The van der Waals surface area contributed by atoms with Crippen LogP contribution in [0.15, 0.2) is 21.5 Å². The smallest absolute Gasteiger partial charge is 0.250 e. The molecule has 0 aliphatic carbocycles. The molecule has 1 heterocycles. The van der Waals surface area contributed by atoms with E-state index in [0.29, 0.717) is 6.42 Å². The molecule has 1 aromatic rings. The van der Waals surface area contributed by atoms with Crippen LogP contribution >= 0.6 is 15.9 Å². The first-order valence-electron chi connectivity index (χ1n) is 5.67. The Morgan fingerprint density at radius 3 is 2.61 bits per heavy atom. The number of halogens is 1. The van der Waals surface area contributed by atoms with Gasteiger partial charge in [-0.05, 0) is 47.7 Å². The summed E-state index contributed by atoms with van der Waals surface area (Å²) in [5.41, 5.74) is 0.878. The Labute approximate surface area is 118 Å². The van der Waals surface area contributed by atoms with Gasteiger partial charge < -0.3 is 4.57 Å². The first-order chi connectivity index (χ1) is 8.15. The van der Waals surface area contributed by atoms with Crippen LogP contribution in [0, 0.1) is 0 Å². The number of hydrogen-bond acceptors (Lipinski definition) is 2. The van der Waals surface area contributed by atoms with Crippen molar-refractivity contribution >= 4 is 26.9 Å². The molecule has 2 N–H and O–H groups in total. The maximum atomic E-state index is 11.7. The van der Waals surface area contributed by atoms with E-state index in [0.717, 1.165) is 10.0 Å². The van der Waals surface area contributed by atoms with E-state index >= 15 is 0 Å². The van der Waals surface area contributed by atoms with Gasteiger partial charge in [0.05, 0.1) is 15.7 Å². The lowest BCUT2D eigenvalue weighted by Gasteiger charge is -2.25. The van der Waals surface area contributed by atoms with Gasteiger partial charge in [-0.3, -0.25) is 9.93 Å². The first kappa shape index (κ1) is 15.6. The second-order valence-corrected chi connectivity index (χ2v) is 7.74. The quantitative estimate of drug-likeness (QED) is 0.915. The van der Waals surface area contributed by atoms with Gasteiger partial charge in [0.15, 0.2) is 0 Å². The molecule has 4 nitrogen and oxygen atoms in total. The summed E-state index contributed by atoms with van der Waals surface area (Å²) in [7, 11) is 0.323. The second kappa shape index (κ2) is 5.67. The van der Waals surface area contributed by atoms with Gasteiger partial charge >= 0.3 is 0 Å². The van der Waals surface area contributed by atoms with Gasteiger partial charge in [-0.1, -0.05) is 6.92 Å². The van der Waals surface area contributed by atoms with Gasteiger partial charge in [0.25, 0.3) is 5.56 Å². The van der Waals surface area contributed by atoms with E-state index in [1.807, 2.05) is 20.8 Å². The van der Waals surface area contributed by atoms with Gasteiger partial charge in [0, 0.05) is 23.8 Å². The van der Waals surface area contributed by atoms with Crippen molar-refractivity contribution in [3.05, 3.63) is 32.7 Å². The van der Waals surface area contributed by atoms with Crippen molar-refractivity contribution in [1.82, 2.24) is 4.57 Å². The molecule has 1 aromatic heterocycles. The molecular formula is C12H19BrN2O2S. The van der Waals surface area contributed by atoms with E-state index in [1.165, 1.54) is 4.57 Å². The number of aromatic nitrogens is 1. The van der Waals surface area contributed by atoms with Crippen molar-refractivity contribution in [2.75, 3.05) is 0 Å². The molecule has 0 bridgehead atoms. The van der Waals surface area contributed by atoms with E-state index in [4.69, 9.17) is 5.14 Å². The summed E-state index contributed by atoms with van der Waals surface area (Å²) in [5, 5.41) is 5.48. The molecule has 0 aliphatic heterocycles. The zero-order valence-electron chi connectivity index (χ0n) is 11.1. The molecule has 0 fully saturated rings. The molecule has 0 aromatic carbocycles. The highest BCUT2D eigenvalue weighted by atomic mass is 79.9. The Morgan fingerprint density at radius 1 is 1.56 bits per heavy atom. The lowest BCUT2D eigenvalue weighted by Crippen LogP contribution is -2.33. The Hall–Kier alpha value is -0.460. The van der Waals surface area contributed by atoms with E-state index in [9.17, 15) is 9.00 Å². The average Bonchev–Trinajstić information content (AvgIpc) is 2.22. The van der Waals surface area contributed by atoms with Crippen molar-refractivity contribution < 1.29 is 4.21 Å². The predicted octanol–water partition coefficient (Wildman–Crippen LogP) is 2.04. The number of hydrogen-bond donors (Lipinski definition) is 1. The van der Waals surface area contributed by atoms with Crippen molar-refractivity contribution in [1.29, 1.82) is 0 Å². The third-order valence-corrected chi connectivity index (χ3v) is 5.00. The van der Waals surface area contributed by atoms with Crippen LogP contribution in [0.1, 0.15) is 38.7 Å². The Kier molecular flexibility index (Phi) is 4.91. The largest absolute Gasteiger partial charge is 0.317 e. The summed E-state index contributed by atoms with van der Waals surface area (Å²) in [6.07, 6.45) is 2.41. The molecule has 0 saturated heterocycles. The minimum absolute atomic E-state index is 0.0493. The van der Waals surface area contributed by atoms with Crippen LogP contribution in [-0.2, 0) is 18.0 Å². The Morgan fingerprint density at radius 2 is 2.11 bits per heavy atom. The SMILES string of the molecule is C[C@@H](CC(C)(C)S(N)=O)c1cc(=O)n(C)cc1Br. The topological polar surface area (TPSA) is 65.1 Å². The normalized spacial score (nSPS) is 15.4. The van der Waals surface area contributed by atoms with Crippen molar-refractivity contribution in [3.8, 4) is 0 Å². The molecule has 18 heavy (non-hydrogen) atoms. The van der Waals surface area contributed by atoms with Crippen LogP contribution in [0.3, 0.4) is 0 Å². The molecular weight excluding hydrogens is 316 g/mol. The monoisotopic (exact) mass is 334 g/mol. The molecule has 0 spiro atoms. The fraction of sp³-hybridized carbons (Fsp3) is 0.583. The van der Waals surface area contributed by atoms with Crippen molar-refractivity contribution in [2.24, 2.45) is 12.2 Å². The van der Waals surface area contributed by atoms with E-state index in [1.54, 1.807) is 19.3 Å². The lowest BCUT2D eigenvalue weighted by molar-refractivity contribution is 0.538. The summed E-state index contributed by atoms with van der Waals surface area (Å²) < 4.78 is 13.4. The van der Waals surface area contributed by atoms with Crippen LogP contribution in [0.5, 0.6) is 0 Å². The zero-order valence-corrected chi connectivity index (χ0v) is 13.5. The van der Waals surface area contributed by atoms with Crippen LogP contribution < -0.4 is 10.7 Å². The first-order valence-corrected chi connectivity index (χ1v) is 7.68. The molecule has 0 saturated carbocycles. The molecule has 2 atom stereocenters. The summed E-state index contributed by atoms with van der Waals surface area (Å²) in [5.74, 6) is 0.107. The van der Waals surface area contributed by atoms with Crippen LogP contribution in [0.25, 0.3) is 0 Å². The van der Waals surface area contributed by atoms with Crippen LogP contribution in [-0.4, -0.2) is 13.5 Å². The number of pyridine rings is 1. The Bertz CT molecular complexity index is 525. The summed E-state index contributed by atoms with van der Waals surface area (Å²) in [6.45, 7) is 5.75. The molecule has 1 rings (SSSR count). The van der Waals surface area contributed by atoms with Crippen molar-refractivity contribution in [3.63, 3.8) is 0 Å². The molecule has 0 aliphatic rings. The van der Waals surface area contributed by atoms with Crippen LogP contribution in [0.2, 0.25) is 0 Å². The third-order valence-electron chi connectivity index (χ3n) is 3.08. The van der Waals surface area contributed by atoms with Crippen molar-refractivity contribution in [2.45, 2.75) is 37.9 Å². The predicted molar refractivity (Wildman–Crippen MR) is 78.8 cm³/mol. The van der Waals surface area contributed by atoms with E-state index in [2.05, 4.69) is 15.9 Å². The third kappa shape index (κ3) is 3.52. The van der Waals surface area contributed by atoms with Crippen LogP contribution in [0.4, 0.5) is 0 Å². The fourth-order valence-corrected chi connectivity index (χ4v) is 3.15. The van der Waals surface area contributed by atoms with Gasteiger partial charge in [0.2, 0.25) is 0 Å². The highest BCUT2D eigenvalue weighted by Crippen LogP contribution is 2.31. The maximum absolute atomic E-state index is 11.7. The highest BCUT2D eigenvalue weighted by molar-refractivity contribution is 9.10. The molecule has 0 radical (unpaired) electrons. The zero-order chi connectivity index (χ0) is 14.1. The maximum Gasteiger partial charge on any atom is 0.250 e. The van der Waals surface area contributed by atoms with Gasteiger partial charge in [-0.2, -0.15) is 0 Å². The standard InChI is InChI=1S/C12H19BrN2O2S/c1-8(6-12(2,3)18(14)17)9-5-11(16)15(4)7-10(9)13/h5,7-8H,6,14H2,1-4H3/t8-,18?/m0/s1. The number of nitrogens with zero attached hydrogens (tertiary/aromatic N) is 1. The second-order valence-electron chi connectivity index (χ2n) is 5.19. The fourth-order valence-electron chi connectivity index (χ4n) is 1.92. The van der Waals surface area contributed by atoms with Gasteiger partial charge in [-0.25, -0.2) is 4.21 Å². The molecule has 1 unspecified atom stereocenters. The summed E-state index contributed by atoms with van der Waals surface area (Å²) >= 11 is 3.46. The summed E-state index contributed by atoms with van der Waals surface area (Å²) in [4.78, 5) is 11.7. The van der Waals surface area contributed by atoms with E-state index < -0.39 is 15.7 Å². The van der Waals surface area contributed by atoms with E-state index in [-0.39, 0.29) is 11.5 Å². The highest BCUT2D eigenvalue weighted by Gasteiger charge is 2.27. The van der Waals surface area contributed by atoms with Gasteiger partial charge in [-0.15, -0.1) is 0 Å². The molecule has 6 heteroatoms. The number of nitrogens with two attached hydrogens (primary N) is 1. The summed E-state index contributed by atoms with van der Waals surface area (Å²) in [6, 6.07) is 1.62. The Balaban J connectivity index is 3.05. The molecule has 0 amide bonds. The minimum Gasteiger partial charge on any atom is -0.317 e. The lowest BCUT2D eigenvalue weighted by atomic mass is 9.92. The molecule has 102 valence electrons. The van der Waals surface area contributed by atoms with Gasteiger partial charge in [0.1, 0.15) is 0 Å². The number of rotatable bonds is 4. The minimum atomic E-state index is -1.39.